The van der Waals surface area contributed by atoms with Gasteiger partial charge in [-0.15, -0.1) is 0 Å². The van der Waals surface area contributed by atoms with Crippen LogP contribution < -0.4 is 16.4 Å². The normalized spacial score (nSPS) is 14.7. The van der Waals surface area contributed by atoms with Crippen molar-refractivity contribution >= 4 is 70.3 Å². The number of nitrogen functional groups attached to an aromatic ring is 1. The second-order valence-corrected chi connectivity index (χ2v) is 13.7. The van der Waals surface area contributed by atoms with E-state index < -0.39 is 36.0 Å². The van der Waals surface area contributed by atoms with Crippen molar-refractivity contribution < 1.29 is 25.9 Å². The van der Waals surface area contributed by atoms with Gasteiger partial charge in [0.25, 0.3) is 10.1 Å². The number of nitrogens with two attached hydrogens (primary N) is 1. The maximum Gasteiger partial charge on any atom is 0.295 e. The zero-order chi connectivity index (χ0) is 28.2. The maximum atomic E-state index is 12.5. The van der Waals surface area contributed by atoms with Crippen LogP contribution in [0.4, 0.5) is 28.4 Å². The fraction of sp³-hybridized carbons (Fsp3) is 0. The summed E-state index contributed by atoms with van der Waals surface area (Å²) in [4.78, 5) is 1.48. The van der Waals surface area contributed by atoms with Gasteiger partial charge in [0.05, 0.1) is 22.0 Å². The molecule has 202 valence electrons. The topological polar surface area (TPSA) is 162 Å². The quantitative estimate of drug-likeness (QED) is 0.116. The molecule has 40 heavy (non-hydrogen) atoms. The van der Waals surface area contributed by atoms with Crippen LogP contribution in [-0.4, -0.2) is 25.9 Å². The van der Waals surface area contributed by atoms with Crippen LogP contribution in [0.25, 0.3) is 10.8 Å². The van der Waals surface area contributed by atoms with Gasteiger partial charge < -0.3 is 20.9 Å². The average Bonchev–Trinajstić information content (AvgIpc) is 2.91. The van der Waals surface area contributed by atoms with Crippen molar-refractivity contribution in [2.75, 3.05) is 16.4 Å². The second kappa shape index (κ2) is 9.54. The first-order chi connectivity index (χ1) is 19.0. The number of fused-ring (bicyclic) bond motifs is 4. The van der Waals surface area contributed by atoms with Crippen molar-refractivity contribution in [1.82, 2.24) is 0 Å². The highest BCUT2D eigenvalue weighted by molar-refractivity contribution is 7.97. The SMILES string of the molecule is Nc1cc2c(cc1S(=O)(=O)[O-])Nc1c(cc(Nc3ccccc3)c3c(S(=O)(=O)O)cccc13)[S+]2c1ccccc1. The van der Waals surface area contributed by atoms with Gasteiger partial charge in [-0.3, -0.25) is 4.55 Å². The van der Waals surface area contributed by atoms with E-state index in [1.807, 2.05) is 66.7 Å². The Bertz CT molecular complexity index is 2020. The van der Waals surface area contributed by atoms with Gasteiger partial charge in [-0.1, -0.05) is 48.5 Å². The molecule has 0 radical (unpaired) electrons. The van der Waals surface area contributed by atoms with Crippen LogP contribution in [0.1, 0.15) is 0 Å². The molecule has 1 aliphatic heterocycles. The van der Waals surface area contributed by atoms with Gasteiger partial charge in [-0.05, 0) is 36.4 Å². The molecule has 0 bridgehead atoms. The molecule has 0 fully saturated rings. The minimum atomic E-state index is -4.87. The van der Waals surface area contributed by atoms with E-state index in [4.69, 9.17) is 5.73 Å². The molecule has 12 heteroatoms. The lowest BCUT2D eigenvalue weighted by molar-refractivity contribution is 0.463. The first-order valence-electron chi connectivity index (χ1n) is 11.9. The summed E-state index contributed by atoms with van der Waals surface area (Å²) < 4.78 is 71.0. The third-order valence-corrected chi connectivity index (χ3v) is 10.5. The van der Waals surface area contributed by atoms with E-state index in [1.165, 1.54) is 24.3 Å². The zero-order valence-corrected chi connectivity index (χ0v) is 23.0. The molecule has 5 aromatic carbocycles. The summed E-state index contributed by atoms with van der Waals surface area (Å²) in [5.41, 5.74) is 7.92. The van der Waals surface area contributed by atoms with Crippen LogP contribution in [-0.2, 0) is 31.1 Å². The van der Waals surface area contributed by atoms with Crippen LogP contribution in [0.3, 0.4) is 0 Å². The molecular formula is C28H21N3O6S3. The monoisotopic (exact) mass is 591 g/mol. The minimum Gasteiger partial charge on any atom is -0.744 e. The largest absolute Gasteiger partial charge is 0.744 e. The lowest BCUT2D eigenvalue weighted by Gasteiger charge is -2.26. The maximum absolute atomic E-state index is 12.5. The van der Waals surface area contributed by atoms with Crippen LogP contribution in [0, 0.1) is 0 Å². The highest BCUT2D eigenvalue weighted by Crippen LogP contribution is 2.51. The van der Waals surface area contributed by atoms with E-state index in [0.29, 0.717) is 33.0 Å². The number of anilines is 5. The number of hydrogen-bond acceptors (Lipinski definition) is 8. The lowest BCUT2D eigenvalue weighted by Crippen LogP contribution is -2.18. The van der Waals surface area contributed by atoms with Crippen LogP contribution >= 0.6 is 0 Å². The Hall–Kier alpha value is -4.07. The molecule has 6 rings (SSSR count). The molecule has 0 aromatic heterocycles. The Kier molecular flexibility index (Phi) is 6.24. The first kappa shape index (κ1) is 26.2. The fourth-order valence-corrected chi connectivity index (χ4v) is 8.52. The molecule has 0 amide bonds. The highest BCUT2D eigenvalue weighted by atomic mass is 32.2. The molecule has 9 nitrogen and oxygen atoms in total. The summed E-state index contributed by atoms with van der Waals surface area (Å²) in [7, 11) is -10.3. The molecule has 5 N–H and O–H groups in total. The number of rotatable bonds is 5. The van der Waals surface area contributed by atoms with E-state index >= 15 is 0 Å². The Morgan fingerprint density at radius 2 is 1.48 bits per heavy atom. The molecule has 1 heterocycles. The smallest absolute Gasteiger partial charge is 0.295 e. The molecule has 0 saturated heterocycles. The number of para-hydroxylation sites is 1. The van der Waals surface area contributed by atoms with Gasteiger partial charge >= 0.3 is 0 Å². The standard InChI is InChI=1S/C28H21N3O6S3/c29-20-14-23-21(16-26(20)40(35,36)37)31-28-19-12-7-13-25(39(32,33)34)27(19)22(30-17-8-3-1-4-9-17)15-24(28)38(23)18-10-5-2-6-11-18/h1-16,30-31H,29H2,(H-,32,33,34,35,36,37). The van der Waals surface area contributed by atoms with E-state index in [-0.39, 0.29) is 16.0 Å². The summed E-state index contributed by atoms with van der Waals surface area (Å²) in [5, 5.41) is 7.25. The van der Waals surface area contributed by atoms with Crippen molar-refractivity contribution in [1.29, 1.82) is 0 Å². The molecule has 0 saturated carbocycles. The third-order valence-electron chi connectivity index (χ3n) is 6.48. The summed E-state index contributed by atoms with van der Waals surface area (Å²) in [5.74, 6) is 0. The first-order valence-corrected chi connectivity index (χ1v) is 15.9. The summed E-state index contributed by atoms with van der Waals surface area (Å²) in [6, 6.07) is 27.8. The average molecular weight is 592 g/mol. The molecule has 1 atom stereocenters. The Labute approximate surface area is 233 Å². The zero-order valence-electron chi connectivity index (χ0n) is 20.5. The lowest BCUT2D eigenvalue weighted by atomic mass is 10.1. The van der Waals surface area contributed by atoms with E-state index in [1.54, 1.807) is 6.07 Å². The fourth-order valence-electron chi connectivity index (χ4n) is 4.83. The van der Waals surface area contributed by atoms with Crippen molar-refractivity contribution in [2.24, 2.45) is 0 Å². The van der Waals surface area contributed by atoms with Crippen LogP contribution in [0.5, 0.6) is 0 Å². The highest BCUT2D eigenvalue weighted by Gasteiger charge is 2.41. The number of nitrogens with one attached hydrogen (secondary N) is 2. The van der Waals surface area contributed by atoms with Crippen LogP contribution in [0.2, 0.25) is 0 Å². The van der Waals surface area contributed by atoms with Gasteiger partial charge in [-0.2, -0.15) is 8.42 Å². The van der Waals surface area contributed by atoms with Crippen molar-refractivity contribution in [2.45, 2.75) is 24.5 Å². The van der Waals surface area contributed by atoms with Gasteiger partial charge in [0, 0.05) is 28.6 Å². The van der Waals surface area contributed by atoms with Gasteiger partial charge in [-0.25, -0.2) is 8.42 Å². The molecule has 1 aliphatic rings. The van der Waals surface area contributed by atoms with Crippen molar-refractivity contribution in [3.8, 4) is 0 Å². The van der Waals surface area contributed by atoms with E-state index in [2.05, 4.69) is 10.6 Å². The van der Waals surface area contributed by atoms with Crippen LogP contribution in [0.15, 0.2) is 122 Å². The molecule has 1 unspecified atom stereocenters. The summed E-state index contributed by atoms with van der Waals surface area (Å²) in [6.07, 6.45) is 0. The molecule has 0 spiro atoms. The second-order valence-electron chi connectivity index (χ2n) is 9.03. The molecular weight excluding hydrogens is 571 g/mol. The van der Waals surface area contributed by atoms with Gasteiger partial charge in [0.15, 0.2) is 14.7 Å². The van der Waals surface area contributed by atoms with E-state index in [0.717, 1.165) is 9.79 Å². The number of benzene rings is 5. The third kappa shape index (κ3) is 4.55. The summed E-state index contributed by atoms with van der Waals surface area (Å²) >= 11 is 0. The van der Waals surface area contributed by atoms with Crippen molar-refractivity contribution in [3.63, 3.8) is 0 Å². The minimum absolute atomic E-state index is 0.162. The predicted octanol–water partition coefficient (Wildman–Crippen LogP) is 5.47. The van der Waals surface area contributed by atoms with Crippen molar-refractivity contribution in [3.05, 3.63) is 97.1 Å². The Morgan fingerprint density at radius 3 is 2.12 bits per heavy atom. The molecule has 5 aromatic rings. The predicted molar refractivity (Wildman–Crippen MR) is 154 cm³/mol. The Morgan fingerprint density at radius 1 is 0.800 bits per heavy atom. The van der Waals surface area contributed by atoms with E-state index in [9.17, 15) is 25.9 Å². The number of hydrogen-bond donors (Lipinski definition) is 4. The van der Waals surface area contributed by atoms with Gasteiger partial charge in [0.2, 0.25) is 0 Å². The molecule has 0 aliphatic carbocycles. The Balaban J connectivity index is 1.71. The van der Waals surface area contributed by atoms with Gasteiger partial charge in [0.1, 0.15) is 31.6 Å². The summed E-state index contributed by atoms with van der Waals surface area (Å²) in [6.45, 7) is 0.